The van der Waals surface area contributed by atoms with E-state index in [2.05, 4.69) is 19.2 Å². The average Bonchev–Trinajstić information content (AvgIpc) is 2.76. The number of fused-ring (bicyclic) bond motifs is 1. The molecular formula is C18H26ClNO4. The first kappa shape index (κ1) is 18.9. The molecule has 0 radical (unpaired) electrons. The van der Waals surface area contributed by atoms with Crippen LogP contribution in [0.2, 0.25) is 5.02 Å². The summed E-state index contributed by atoms with van der Waals surface area (Å²) in [7, 11) is 0. The third-order valence-electron chi connectivity index (χ3n) is 3.47. The summed E-state index contributed by atoms with van der Waals surface area (Å²) in [6.07, 6.45) is 1.89. The lowest BCUT2D eigenvalue weighted by molar-refractivity contribution is -0.120. The molecule has 0 saturated heterocycles. The smallest absolute Gasteiger partial charge is 0.224 e. The van der Waals surface area contributed by atoms with Crippen molar-refractivity contribution in [2.75, 3.05) is 33.0 Å². The minimum atomic E-state index is -0.0376. The molecule has 24 heavy (non-hydrogen) atoms. The van der Waals surface area contributed by atoms with Gasteiger partial charge in [-0.05, 0) is 30.0 Å². The van der Waals surface area contributed by atoms with Crippen molar-refractivity contribution in [2.24, 2.45) is 5.92 Å². The summed E-state index contributed by atoms with van der Waals surface area (Å²) in [6.45, 7) is 7.43. The number of carbonyl (C=O) groups excluding carboxylic acids is 1. The Morgan fingerprint density at radius 1 is 1.33 bits per heavy atom. The molecule has 0 fully saturated rings. The zero-order chi connectivity index (χ0) is 17.4. The number of ether oxygens (including phenoxy) is 3. The van der Waals surface area contributed by atoms with Gasteiger partial charge in [-0.1, -0.05) is 25.4 Å². The van der Waals surface area contributed by atoms with Gasteiger partial charge in [0.05, 0.1) is 24.7 Å². The van der Waals surface area contributed by atoms with E-state index in [9.17, 15) is 4.79 Å². The first-order valence-electron chi connectivity index (χ1n) is 8.48. The van der Waals surface area contributed by atoms with Crippen LogP contribution in [0.5, 0.6) is 11.5 Å². The third-order valence-corrected chi connectivity index (χ3v) is 3.75. The van der Waals surface area contributed by atoms with E-state index in [1.54, 1.807) is 6.07 Å². The largest absolute Gasteiger partial charge is 0.489 e. The van der Waals surface area contributed by atoms with Crippen LogP contribution >= 0.6 is 11.6 Å². The molecule has 134 valence electrons. The Bertz CT molecular complexity index is 548. The van der Waals surface area contributed by atoms with Crippen molar-refractivity contribution in [1.82, 2.24) is 5.32 Å². The highest BCUT2D eigenvalue weighted by Gasteiger charge is 2.16. The summed E-state index contributed by atoms with van der Waals surface area (Å²) in [5.41, 5.74) is 0.817. The zero-order valence-electron chi connectivity index (χ0n) is 14.4. The average molecular weight is 356 g/mol. The molecule has 0 aliphatic carbocycles. The van der Waals surface area contributed by atoms with Gasteiger partial charge in [0.2, 0.25) is 5.91 Å². The van der Waals surface area contributed by atoms with E-state index in [0.717, 1.165) is 25.0 Å². The molecule has 1 heterocycles. The van der Waals surface area contributed by atoms with E-state index in [-0.39, 0.29) is 12.3 Å². The fraction of sp³-hybridized carbons (Fsp3) is 0.611. The van der Waals surface area contributed by atoms with E-state index in [1.807, 2.05) is 6.07 Å². The van der Waals surface area contributed by atoms with Crippen molar-refractivity contribution in [2.45, 2.75) is 33.1 Å². The van der Waals surface area contributed by atoms with Crippen LogP contribution in [0.25, 0.3) is 0 Å². The van der Waals surface area contributed by atoms with Crippen LogP contribution < -0.4 is 14.8 Å². The van der Waals surface area contributed by atoms with E-state index in [4.69, 9.17) is 25.8 Å². The molecule has 1 amide bonds. The number of hydrogen-bond donors (Lipinski definition) is 1. The van der Waals surface area contributed by atoms with Crippen LogP contribution in [-0.2, 0) is 16.0 Å². The SMILES string of the molecule is CC(C)COCCCNC(=O)Cc1cc(Cl)c2c(c1)OCCCO2. The highest BCUT2D eigenvalue weighted by atomic mass is 35.5. The number of hydrogen-bond acceptors (Lipinski definition) is 4. The Kier molecular flexibility index (Phi) is 7.66. The maximum Gasteiger partial charge on any atom is 0.224 e. The van der Waals surface area contributed by atoms with Gasteiger partial charge in [-0.25, -0.2) is 0 Å². The third kappa shape index (κ3) is 6.21. The predicted octanol–water partition coefficient (Wildman–Crippen LogP) is 3.22. The molecule has 0 spiro atoms. The van der Waals surface area contributed by atoms with Crippen molar-refractivity contribution in [1.29, 1.82) is 0 Å². The van der Waals surface area contributed by atoms with E-state index in [1.165, 1.54) is 0 Å². The number of amides is 1. The van der Waals surface area contributed by atoms with Crippen molar-refractivity contribution >= 4 is 17.5 Å². The summed E-state index contributed by atoms with van der Waals surface area (Å²) in [6, 6.07) is 3.60. The molecule has 0 atom stereocenters. The maximum atomic E-state index is 12.0. The second-order valence-electron chi connectivity index (χ2n) is 6.30. The molecule has 1 aromatic rings. The lowest BCUT2D eigenvalue weighted by Gasteiger charge is -2.12. The number of carbonyl (C=O) groups is 1. The molecule has 1 aliphatic heterocycles. The summed E-state index contributed by atoms with van der Waals surface area (Å²) in [5.74, 6) is 1.68. The standard InChI is InChI=1S/C18H26ClNO4/c1-13(2)12-22-6-3-5-20-17(21)11-14-9-15(19)18-16(10-14)23-7-4-8-24-18/h9-10,13H,3-8,11-12H2,1-2H3,(H,20,21). The lowest BCUT2D eigenvalue weighted by Crippen LogP contribution is -2.27. The van der Waals surface area contributed by atoms with Gasteiger partial charge in [0, 0.05) is 26.2 Å². The van der Waals surface area contributed by atoms with Gasteiger partial charge in [-0.15, -0.1) is 0 Å². The normalized spacial score (nSPS) is 13.7. The topological polar surface area (TPSA) is 56.8 Å². The van der Waals surface area contributed by atoms with E-state index >= 15 is 0 Å². The Balaban J connectivity index is 1.77. The molecule has 1 N–H and O–H groups in total. The minimum absolute atomic E-state index is 0.0376. The van der Waals surface area contributed by atoms with Gasteiger partial charge >= 0.3 is 0 Å². The minimum Gasteiger partial charge on any atom is -0.489 e. The summed E-state index contributed by atoms with van der Waals surface area (Å²) in [4.78, 5) is 12.0. The monoisotopic (exact) mass is 355 g/mol. The second kappa shape index (κ2) is 9.74. The quantitative estimate of drug-likeness (QED) is 0.727. The van der Waals surface area contributed by atoms with Gasteiger partial charge in [-0.3, -0.25) is 4.79 Å². The van der Waals surface area contributed by atoms with Gasteiger partial charge in [0.25, 0.3) is 0 Å². The highest BCUT2D eigenvalue weighted by molar-refractivity contribution is 6.32. The molecule has 0 unspecified atom stereocenters. The van der Waals surface area contributed by atoms with E-state index < -0.39 is 0 Å². The predicted molar refractivity (Wildman–Crippen MR) is 94.0 cm³/mol. The summed E-state index contributed by atoms with van der Waals surface area (Å²) >= 11 is 6.24. The molecule has 6 heteroatoms. The van der Waals surface area contributed by atoms with Crippen molar-refractivity contribution in [3.05, 3.63) is 22.7 Å². The molecule has 5 nitrogen and oxygen atoms in total. The number of benzene rings is 1. The van der Waals surface area contributed by atoms with Crippen LogP contribution in [0, 0.1) is 5.92 Å². The fourth-order valence-corrected chi connectivity index (χ4v) is 2.64. The van der Waals surface area contributed by atoms with Crippen molar-refractivity contribution in [3.8, 4) is 11.5 Å². The van der Waals surface area contributed by atoms with Crippen molar-refractivity contribution in [3.63, 3.8) is 0 Å². The van der Waals surface area contributed by atoms with Crippen LogP contribution in [0.1, 0.15) is 32.3 Å². The van der Waals surface area contributed by atoms with Gasteiger partial charge in [0.1, 0.15) is 0 Å². The zero-order valence-corrected chi connectivity index (χ0v) is 15.2. The number of nitrogens with one attached hydrogen (secondary N) is 1. The second-order valence-corrected chi connectivity index (χ2v) is 6.71. The Hall–Kier alpha value is -1.46. The molecule has 1 aliphatic rings. The maximum absolute atomic E-state index is 12.0. The first-order chi connectivity index (χ1) is 11.6. The van der Waals surface area contributed by atoms with Gasteiger partial charge in [0.15, 0.2) is 11.5 Å². The van der Waals surface area contributed by atoms with Crippen LogP contribution in [0.3, 0.4) is 0 Å². The molecule has 0 bridgehead atoms. The number of halogens is 1. The first-order valence-corrected chi connectivity index (χ1v) is 8.86. The van der Waals surface area contributed by atoms with Crippen LogP contribution in [-0.4, -0.2) is 38.9 Å². The lowest BCUT2D eigenvalue weighted by atomic mass is 10.1. The van der Waals surface area contributed by atoms with Crippen molar-refractivity contribution < 1.29 is 19.0 Å². The highest BCUT2D eigenvalue weighted by Crippen LogP contribution is 2.38. The Morgan fingerprint density at radius 3 is 2.92 bits per heavy atom. The van der Waals surface area contributed by atoms with Crippen LogP contribution in [0.4, 0.5) is 0 Å². The Labute approximate surface area is 148 Å². The molecule has 0 aromatic heterocycles. The molecule has 0 saturated carbocycles. The molecule has 1 aromatic carbocycles. The molecular weight excluding hydrogens is 330 g/mol. The fourth-order valence-electron chi connectivity index (χ4n) is 2.36. The summed E-state index contributed by atoms with van der Waals surface area (Å²) < 4.78 is 16.7. The number of rotatable bonds is 8. The van der Waals surface area contributed by atoms with Gasteiger partial charge in [-0.2, -0.15) is 0 Å². The van der Waals surface area contributed by atoms with Crippen LogP contribution in [0.15, 0.2) is 12.1 Å². The van der Waals surface area contributed by atoms with Gasteiger partial charge < -0.3 is 19.5 Å². The van der Waals surface area contributed by atoms with E-state index in [0.29, 0.717) is 48.8 Å². The Morgan fingerprint density at radius 2 is 2.12 bits per heavy atom. The summed E-state index contributed by atoms with van der Waals surface area (Å²) in [5, 5.41) is 3.38. The molecule has 2 rings (SSSR count).